The monoisotopic (exact) mass is 307 g/mol. The van der Waals surface area contributed by atoms with Gasteiger partial charge in [-0.3, -0.25) is 0 Å². The molecule has 0 aliphatic carbocycles. The molecule has 100 valence electrons. The minimum absolute atomic E-state index is 0.447. The third kappa shape index (κ3) is 3.92. The molecule has 1 atom stereocenters. The van der Waals surface area contributed by atoms with Crippen LogP contribution in [0.2, 0.25) is 15.1 Å². The standard InChI is InChI=1S/C13H16Cl3NO/c14-10-7-12(16)13(8-11(10)15)18-6-4-9-3-1-2-5-17-9/h7-9,17H,1-6H2/t9-/m1/s1. The quantitative estimate of drug-likeness (QED) is 0.823. The molecular formula is C13H16Cl3NO. The van der Waals surface area contributed by atoms with Crippen LogP contribution in [0.1, 0.15) is 25.7 Å². The van der Waals surface area contributed by atoms with E-state index in [2.05, 4.69) is 5.32 Å². The second kappa shape index (κ2) is 6.85. The lowest BCUT2D eigenvalue weighted by Gasteiger charge is -2.23. The van der Waals surface area contributed by atoms with Gasteiger partial charge in [0, 0.05) is 12.1 Å². The van der Waals surface area contributed by atoms with Crippen molar-refractivity contribution in [3.05, 3.63) is 27.2 Å². The van der Waals surface area contributed by atoms with Gasteiger partial charge in [-0.2, -0.15) is 0 Å². The zero-order valence-corrected chi connectivity index (χ0v) is 12.3. The molecule has 1 saturated heterocycles. The summed E-state index contributed by atoms with van der Waals surface area (Å²) < 4.78 is 5.66. The zero-order chi connectivity index (χ0) is 13.0. The highest BCUT2D eigenvalue weighted by atomic mass is 35.5. The number of hydrogen-bond acceptors (Lipinski definition) is 2. The smallest absolute Gasteiger partial charge is 0.139 e. The molecule has 5 heteroatoms. The van der Waals surface area contributed by atoms with Crippen molar-refractivity contribution in [2.24, 2.45) is 0 Å². The van der Waals surface area contributed by atoms with Crippen LogP contribution in [-0.2, 0) is 0 Å². The normalized spacial score (nSPS) is 19.8. The molecule has 1 N–H and O–H groups in total. The lowest BCUT2D eigenvalue weighted by molar-refractivity contribution is 0.268. The zero-order valence-electron chi connectivity index (χ0n) is 10.0. The summed E-state index contributed by atoms with van der Waals surface area (Å²) in [5.74, 6) is 0.599. The molecule has 0 spiro atoms. The first-order chi connectivity index (χ1) is 8.66. The number of ether oxygens (including phenoxy) is 1. The van der Waals surface area contributed by atoms with Crippen molar-refractivity contribution < 1.29 is 4.74 Å². The first kappa shape index (κ1) is 14.3. The third-order valence-corrected chi connectivity index (χ3v) is 4.13. The fraction of sp³-hybridized carbons (Fsp3) is 0.538. The summed E-state index contributed by atoms with van der Waals surface area (Å²) in [5, 5.41) is 4.89. The molecule has 0 bridgehead atoms. The van der Waals surface area contributed by atoms with Crippen LogP contribution in [0.5, 0.6) is 5.75 Å². The summed E-state index contributed by atoms with van der Waals surface area (Å²) in [6.45, 7) is 1.74. The molecule has 2 rings (SSSR count). The predicted octanol–water partition coefficient (Wildman–Crippen LogP) is 4.56. The topological polar surface area (TPSA) is 21.3 Å². The second-order valence-electron chi connectivity index (χ2n) is 4.48. The minimum Gasteiger partial charge on any atom is -0.492 e. The number of piperidine rings is 1. The van der Waals surface area contributed by atoms with Gasteiger partial charge in [0.25, 0.3) is 0 Å². The highest BCUT2D eigenvalue weighted by Crippen LogP contribution is 2.33. The van der Waals surface area contributed by atoms with Crippen LogP contribution in [0.25, 0.3) is 0 Å². The van der Waals surface area contributed by atoms with Crippen molar-refractivity contribution in [3.63, 3.8) is 0 Å². The molecule has 0 radical (unpaired) electrons. The van der Waals surface area contributed by atoms with Gasteiger partial charge in [0.2, 0.25) is 0 Å². The molecule has 2 nitrogen and oxygen atoms in total. The Labute approximate surface area is 123 Å². The molecule has 0 amide bonds. The summed E-state index contributed by atoms with van der Waals surface area (Å²) >= 11 is 17.8. The Morgan fingerprint density at radius 2 is 1.89 bits per heavy atom. The maximum atomic E-state index is 6.04. The molecular weight excluding hydrogens is 293 g/mol. The Bertz CT molecular complexity index is 405. The summed E-state index contributed by atoms with van der Waals surface area (Å²) in [7, 11) is 0. The fourth-order valence-corrected chi connectivity index (χ4v) is 2.69. The summed E-state index contributed by atoms with van der Waals surface area (Å²) in [4.78, 5) is 0. The van der Waals surface area contributed by atoms with Crippen molar-refractivity contribution in [2.45, 2.75) is 31.7 Å². The lowest BCUT2D eigenvalue weighted by atomic mass is 10.0. The van der Waals surface area contributed by atoms with E-state index in [0.717, 1.165) is 13.0 Å². The molecule has 1 aromatic carbocycles. The van der Waals surface area contributed by atoms with Crippen molar-refractivity contribution in [1.82, 2.24) is 5.32 Å². The molecule has 1 aliphatic heterocycles. The van der Waals surface area contributed by atoms with Gasteiger partial charge in [-0.25, -0.2) is 0 Å². The summed E-state index contributed by atoms with van der Waals surface area (Å²) in [5.41, 5.74) is 0. The number of nitrogens with one attached hydrogen (secondary N) is 1. The minimum atomic E-state index is 0.447. The third-order valence-electron chi connectivity index (χ3n) is 3.11. The van der Waals surface area contributed by atoms with Crippen LogP contribution in [0.4, 0.5) is 0 Å². The van der Waals surface area contributed by atoms with Gasteiger partial charge >= 0.3 is 0 Å². The van der Waals surface area contributed by atoms with Crippen LogP contribution in [-0.4, -0.2) is 19.2 Å². The Balaban J connectivity index is 1.84. The second-order valence-corrected chi connectivity index (χ2v) is 5.70. The van der Waals surface area contributed by atoms with Crippen molar-refractivity contribution in [1.29, 1.82) is 0 Å². The van der Waals surface area contributed by atoms with Crippen LogP contribution < -0.4 is 10.1 Å². The predicted molar refractivity (Wildman–Crippen MR) is 77.2 cm³/mol. The summed E-state index contributed by atoms with van der Waals surface area (Å²) in [6.07, 6.45) is 4.77. The highest BCUT2D eigenvalue weighted by Gasteiger charge is 2.13. The maximum absolute atomic E-state index is 6.04. The first-order valence-electron chi connectivity index (χ1n) is 6.17. The van der Waals surface area contributed by atoms with E-state index >= 15 is 0 Å². The molecule has 0 aromatic heterocycles. The van der Waals surface area contributed by atoms with E-state index < -0.39 is 0 Å². The first-order valence-corrected chi connectivity index (χ1v) is 7.31. The van der Waals surface area contributed by atoms with Crippen molar-refractivity contribution in [3.8, 4) is 5.75 Å². The van der Waals surface area contributed by atoms with E-state index in [4.69, 9.17) is 39.5 Å². The van der Waals surface area contributed by atoms with Gasteiger partial charge in [0.15, 0.2) is 0 Å². The van der Waals surface area contributed by atoms with Gasteiger partial charge < -0.3 is 10.1 Å². The van der Waals surface area contributed by atoms with E-state index in [9.17, 15) is 0 Å². The lowest BCUT2D eigenvalue weighted by Crippen LogP contribution is -2.35. The molecule has 0 saturated carbocycles. The van der Waals surface area contributed by atoms with Crippen LogP contribution >= 0.6 is 34.8 Å². The Kier molecular flexibility index (Phi) is 5.43. The average Bonchev–Trinajstić information content (AvgIpc) is 2.37. The molecule has 1 fully saturated rings. The van der Waals surface area contributed by atoms with Gasteiger partial charge in [0.1, 0.15) is 5.75 Å². The molecule has 1 heterocycles. The van der Waals surface area contributed by atoms with E-state index in [1.807, 2.05) is 0 Å². The molecule has 1 aliphatic rings. The number of rotatable bonds is 4. The van der Waals surface area contributed by atoms with E-state index in [-0.39, 0.29) is 0 Å². The average molecular weight is 309 g/mol. The SMILES string of the molecule is Clc1cc(Cl)c(OCC[C@H]2CCCCN2)cc1Cl. The fourth-order valence-electron chi connectivity index (χ4n) is 2.10. The van der Waals surface area contributed by atoms with Crippen LogP contribution in [0.15, 0.2) is 12.1 Å². The van der Waals surface area contributed by atoms with Gasteiger partial charge in [0.05, 0.1) is 21.7 Å². The van der Waals surface area contributed by atoms with E-state index in [1.54, 1.807) is 12.1 Å². The highest BCUT2D eigenvalue weighted by molar-refractivity contribution is 6.43. The van der Waals surface area contributed by atoms with Crippen molar-refractivity contribution >= 4 is 34.8 Å². The number of benzene rings is 1. The van der Waals surface area contributed by atoms with E-state index in [0.29, 0.717) is 33.5 Å². The van der Waals surface area contributed by atoms with Gasteiger partial charge in [-0.05, 0) is 31.9 Å². The van der Waals surface area contributed by atoms with Crippen LogP contribution in [0, 0.1) is 0 Å². The number of halogens is 3. The van der Waals surface area contributed by atoms with Gasteiger partial charge in [-0.15, -0.1) is 0 Å². The maximum Gasteiger partial charge on any atom is 0.139 e. The largest absolute Gasteiger partial charge is 0.492 e. The Morgan fingerprint density at radius 3 is 2.61 bits per heavy atom. The Morgan fingerprint density at radius 1 is 1.11 bits per heavy atom. The molecule has 18 heavy (non-hydrogen) atoms. The van der Waals surface area contributed by atoms with Gasteiger partial charge in [-0.1, -0.05) is 41.2 Å². The summed E-state index contributed by atoms with van der Waals surface area (Å²) in [6, 6.07) is 3.83. The molecule has 1 aromatic rings. The van der Waals surface area contributed by atoms with E-state index in [1.165, 1.54) is 19.3 Å². The molecule has 0 unspecified atom stereocenters. The van der Waals surface area contributed by atoms with Crippen molar-refractivity contribution in [2.75, 3.05) is 13.2 Å². The Hall–Kier alpha value is -0.150. The van der Waals surface area contributed by atoms with Crippen LogP contribution in [0.3, 0.4) is 0 Å². The number of hydrogen-bond donors (Lipinski definition) is 1.